The Balaban J connectivity index is 1.30. The van der Waals surface area contributed by atoms with E-state index >= 15 is 0 Å². The predicted molar refractivity (Wildman–Crippen MR) is 119 cm³/mol. The minimum absolute atomic E-state index is 0.103. The first-order chi connectivity index (χ1) is 14.6. The lowest BCUT2D eigenvalue weighted by Gasteiger charge is -2.27. The Morgan fingerprint density at radius 1 is 0.933 bits per heavy atom. The maximum Gasteiger partial charge on any atom is 0.261 e. The minimum Gasteiger partial charge on any atom is -0.326 e. The van der Waals surface area contributed by atoms with Crippen molar-refractivity contribution in [3.8, 4) is 0 Å². The summed E-state index contributed by atoms with van der Waals surface area (Å²) >= 11 is 1.98. The zero-order valence-corrected chi connectivity index (χ0v) is 17.6. The highest BCUT2D eigenvalue weighted by Gasteiger charge is 2.34. The summed E-state index contributed by atoms with van der Waals surface area (Å²) in [7, 11) is 0. The number of fused-ring (bicyclic) bond motifs is 1. The van der Waals surface area contributed by atoms with Crippen LogP contribution in [-0.4, -0.2) is 58.7 Å². The molecule has 0 saturated carbocycles. The number of carbonyl (C=O) groups excluding carboxylic acids is 3. The molecule has 0 aliphatic carbocycles. The van der Waals surface area contributed by atoms with Crippen molar-refractivity contribution in [2.75, 3.05) is 36.5 Å². The molecule has 156 valence electrons. The van der Waals surface area contributed by atoms with Crippen LogP contribution in [0.3, 0.4) is 0 Å². The average Bonchev–Trinajstić information content (AvgIpc) is 3.01. The molecule has 2 aliphatic rings. The van der Waals surface area contributed by atoms with E-state index < -0.39 is 0 Å². The maximum atomic E-state index is 12.5. The topological polar surface area (TPSA) is 69.7 Å². The number of rotatable bonds is 7. The summed E-state index contributed by atoms with van der Waals surface area (Å²) in [5.74, 6) is 1.63. The standard InChI is InChI=1S/C23H25N3O3S/c27-21(10-5-11-26-22(28)18-7-2-3-8-19(18)23(26)29)24-20-9-4-1-6-17(20)16-25-12-14-30-15-13-25/h1-4,6-9H,5,10-16H2,(H,24,27). The van der Waals surface area contributed by atoms with Gasteiger partial charge in [-0.05, 0) is 30.2 Å². The van der Waals surface area contributed by atoms with E-state index in [1.54, 1.807) is 24.3 Å². The fourth-order valence-corrected chi connectivity index (χ4v) is 4.81. The van der Waals surface area contributed by atoms with Crippen molar-refractivity contribution in [3.05, 3.63) is 65.2 Å². The lowest BCUT2D eigenvalue weighted by Crippen LogP contribution is -2.32. The van der Waals surface area contributed by atoms with Crippen LogP contribution < -0.4 is 5.32 Å². The summed E-state index contributed by atoms with van der Waals surface area (Å²) < 4.78 is 0. The van der Waals surface area contributed by atoms with E-state index in [2.05, 4.69) is 16.3 Å². The van der Waals surface area contributed by atoms with Gasteiger partial charge in [-0.2, -0.15) is 11.8 Å². The van der Waals surface area contributed by atoms with Crippen molar-refractivity contribution >= 4 is 35.2 Å². The first kappa shape index (κ1) is 20.6. The number of anilines is 1. The number of hydrogen-bond donors (Lipinski definition) is 1. The summed E-state index contributed by atoms with van der Waals surface area (Å²) in [5.41, 5.74) is 2.83. The van der Waals surface area contributed by atoms with E-state index in [0.29, 0.717) is 17.5 Å². The third-order valence-corrected chi connectivity index (χ3v) is 6.40. The van der Waals surface area contributed by atoms with E-state index in [1.165, 1.54) is 4.90 Å². The molecule has 2 aliphatic heterocycles. The quantitative estimate of drug-likeness (QED) is 0.693. The smallest absolute Gasteiger partial charge is 0.261 e. The third-order valence-electron chi connectivity index (χ3n) is 5.45. The van der Waals surface area contributed by atoms with Gasteiger partial charge in [0.05, 0.1) is 11.1 Å². The van der Waals surface area contributed by atoms with Gasteiger partial charge in [-0.15, -0.1) is 0 Å². The molecular formula is C23H25N3O3S. The van der Waals surface area contributed by atoms with Crippen LogP contribution in [0.1, 0.15) is 39.1 Å². The van der Waals surface area contributed by atoms with Crippen LogP contribution in [0.25, 0.3) is 0 Å². The number of nitrogens with zero attached hydrogens (tertiary/aromatic N) is 2. The summed E-state index contributed by atoms with van der Waals surface area (Å²) in [5, 5.41) is 3.01. The molecule has 0 atom stereocenters. The Hall–Kier alpha value is -2.64. The lowest BCUT2D eigenvalue weighted by molar-refractivity contribution is -0.116. The van der Waals surface area contributed by atoms with Crippen molar-refractivity contribution < 1.29 is 14.4 Å². The molecule has 0 bridgehead atoms. The van der Waals surface area contributed by atoms with Crippen LogP contribution in [0.5, 0.6) is 0 Å². The molecule has 0 radical (unpaired) electrons. The molecule has 1 N–H and O–H groups in total. The van der Waals surface area contributed by atoms with Crippen LogP contribution in [0, 0.1) is 0 Å². The molecule has 1 fully saturated rings. The van der Waals surface area contributed by atoms with E-state index in [4.69, 9.17) is 0 Å². The number of hydrogen-bond acceptors (Lipinski definition) is 5. The predicted octanol–water partition coefficient (Wildman–Crippen LogP) is 3.25. The number of para-hydroxylation sites is 1. The van der Waals surface area contributed by atoms with Crippen LogP contribution >= 0.6 is 11.8 Å². The molecule has 2 aromatic rings. The van der Waals surface area contributed by atoms with E-state index in [1.807, 2.05) is 30.0 Å². The van der Waals surface area contributed by atoms with E-state index in [-0.39, 0.29) is 30.7 Å². The first-order valence-corrected chi connectivity index (χ1v) is 11.4. The molecule has 1 saturated heterocycles. The fourth-order valence-electron chi connectivity index (χ4n) is 3.83. The Kier molecular flexibility index (Phi) is 6.50. The SMILES string of the molecule is O=C(CCCN1C(=O)c2ccccc2C1=O)Nc1ccccc1CN1CCSCC1. The fraction of sp³-hybridized carbons (Fsp3) is 0.348. The van der Waals surface area contributed by atoms with E-state index in [9.17, 15) is 14.4 Å². The molecular weight excluding hydrogens is 398 g/mol. The highest BCUT2D eigenvalue weighted by atomic mass is 32.2. The van der Waals surface area contributed by atoms with Crippen molar-refractivity contribution in [1.29, 1.82) is 0 Å². The molecule has 6 nitrogen and oxygen atoms in total. The highest BCUT2D eigenvalue weighted by Crippen LogP contribution is 2.23. The Bertz CT molecular complexity index is 921. The van der Waals surface area contributed by atoms with Crippen LogP contribution in [0.4, 0.5) is 5.69 Å². The van der Waals surface area contributed by atoms with Gasteiger partial charge >= 0.3 is 0 Å². The minimum atomic E-state index is -0.277. The van der Waals surface area contributed by atoms with Gasteiger partial charge in [-0.3, -0.25) is 24.2 Å². The molecule has 0 aromatic heterocycles. The number of carbonyl (C=O) groups is 3. The number of nitrogens with one attached hydrogen (secondary N) is 1. The third kappa shape index (κ3) is 4.57. The second kappa shape index (κ2) is 9.45. The van der Waals surface area contributed by atoms with Crippen LogP contribution in [0.15, 0.2) is 48.5 Å². The molecule has 2 aromatic carbocycles. The number of benzene rings is 2. The molecule has 7 heteroatoms. The largest absolute Gasteiger partial charge is 0.326 e. The average molecular weight is 424 g/mol. The first-order valence-electron chi connectivity index (χ1n) is 10.3. The zero-order chi connectivity index (χ0) is 20.9. The van der Waals surface area contributed by atoms with Gasteiger partial charge in [0.15, 0.2) is 0 Å². The van der Waals surface area contributed by atoms with Crippen LogP contribution in [0.2, 0.25) is 0 Å². The van der Waals surface area contributed by atoms with Crippen molar-refractivity contribution in [2.45, 2.75) is 19.4 Å². The Morgan fingerprint density at radius 3 is 2.27 bits per heavy atom. The van der Waals surface area contributed by atoms with Gasteiger partial charge in [0.1, 0.15) is 0 Å². The number of imide groups is 1. The maximum absolute atomic E-state index is 12.5. The molecule has 0 spiro atoms. The Labute approximate surface area is 180 Å². The van der Waals surface area contributed by atoms with Gasteiger partial charge in [0.25, 0.3) is 11.8 Å². The Morgan fingerprint density at radius 2 is 1.57 bits per heavy atom. The summed E-state index contributed by atoms with van der Waals surface area (Å²) in [6, 6.07) is 14.7. The second-order valence-corrected chi connectivity index (χ2v) is 8.73. The molecule has 3 amide bonds. The van der Waals surface area contributed by atoms with Crippen molar-refractivity contribution in [2.24, 2.45) is 0 Å². The molecule has 4 rings (SSSR count). The van der Waals surface area contributed by atoms with Gasteiger partial charge in [-0.25, -0.2) is 0 Å². The highest BCUT2D eigenvalue weighted by molar-refractivity contribution is 7.99. The summed E-state index contributed by atoms with van der Waals surface area (Å²) in [6.45, 7) is 3.19. The molecule has 0 unspecified atom stereocenters. The van der Waals surface area contributed by atoms with Gasteiger partial charge in [0.2, 0.25) is 5.91 Å². The van der Waals surface area contributed by atoms with Gasteiger partial charge in [0, 0.05) is 49.8 Å². The molecule has 30 heavy (non-hydrogen) atoms. The van der Waals surface area contributed by atoms with Crippen molar-refractivity contribution in [3.63, 3.8) is 0 Å². The monoisotopic (exact) mass is 423 g/mol. The van der Waals surface area contributed by atoms with Gasteiger partial charge < -0.3 is 5.32 Å². The lowest BCUT2D eigenvalue weighted by atomic mass is 10.1. The number of thioether (sulfide) groups is 1. The molecule has 2 heterocycles. The van der Waals surface area contributed by atoms with E-state index in [0.717, 1.165) is 42.4 Å². The zero-order valence-electron chi connectivity index (χ0n) is 16.8. The van der Waals surface area contributed by atoms with Crippen molar-refractivity contribution in [1.82, 2.24) is 9.80 Å². The summed E-state index contributed by atoms with van der Waals surface area (Å²) in [6.07, 6.45) is 0.685. The second-order valence-electron chi connectivity index (χ2n) is 7.50. The number of amides is 3. The van der Waals surface area contributed by atoms with Crippen LogP contribution in [-0.2, 0) is 11.3 Å². The normalized spacial score (nSPS) is 16.6. The summed E-state index contributed by atoms with van der Waals surface area (Å²) in [4.78, 5) is 41.0. The van der Waals surface area contributed by atoms with Gasteiger partial charge in [-0.1, -0.05) is 30.3 Å².